The summed E-state index contributed by atoms with van der Waals surface area (Å²) in [5.74, 6) is 0.548. The number of fused-ring (bicyclic) bond motifs is 4. The molecule has 6 rings (SSSR count). The minimum absolute atomic E-state index is 0.0814. The minimum Gasteiger partial charge on any atom is -0.396 e. The molecule has 0 bridgehead atoms. The highest BCUT2D eigenvalue weighted by atomic mass is 16.3. The Morgan fingerprint density at radius 3 is 2.60 bits per heavy atom. The SMILES string of the molecule is N#Cc1cccc(NC(=O)N2CCC3(CC2)Cc2cnc(Nc4ccc(CCO)cc4)nc2-c2ccccc23)c1. The first kappa shape index (κ1) is 25.5. The van der Waals surface area contributed by atoms with Crippen LogP contribution in [0, 0.1) is 11.3 Å². The third kappa shape index (κ3) is 4.99. The number of nitrogens with one attached hydrogen (secondary N) is 2. The third-order valence-corrected chi connectivity index (χ3v) is 8.01. The van der Waals surface area contributed by atoms with Crippen molar-refractivity contribution in [1.82, 2.24) is 14.9 Å². The summed E-state index contributed by atoms with van der Waals surface area (Å²) in [5.41, 5.74) is 7.51. The number of rotatable bonds is 5. The van der Waals surface area contributed by atoms with Gasteiger partial charge in [-0.15, -0.1) is 0 Å². The van der Waals surface area contributed by atoms with E-state index >= 15 is 0 Å². The molecule has 200 valence electrons. The summed E-state index contributed by atoms with van der Waals surface area (Å²) >= 11 is 0. The van der Waals surface area contributed by atoms with Gasteiger partial charge in [-0.2, -0.15) is 5.26 Å². The number of nitriles is 1. The number of hydrogen-bond donors (Lipinski definition) is 3. The van der Waals surface area contributed by atoms with E-state index in [1.807, 2.05) is 35.4 Å². The van der Waals surface area contributed by atoms with Crippen molar-refractivity contribution < 1.29 is 9.90 Å². The summed E-state index contributed by atoms with van der Waals surface area (Å²) in [6.07, 6.45) is 5.08. The van der Waals surface area contributed by atoms with Crippen LogP contribution in [0.2, 0.25) is 0 Å². The second kappa shape index (κ2) is 10.8. The predicted octanol–water partition coefficient (Wildman–Crippen LogP) is 5.42. The Kier molecular flexibility index (Phi) is 6.89. The lowest BCUT2D eigenvalue weighted by molar-refractivity contribution is 0.166. The van der Waals surface area contributed by atoms with Crippen molar-refractivity contribution in [3.05, 3.63) is 101 Å². The fraction of sp³-hybridized carbons (Fsp3) is 0.250. The van der Waals surface area contributed by atoms with Gasteiger partial charge < -0.3 is 20.6 Å². The third-order valence-electron chi connectivity index (χ3n) is 8.01. The molecule has 8 nitrogen and oxygen atoms in total. The van der Waals surface area contributed by atoms with Crippen molar-refractivity contribution in [1.29, 1.82) is 5.26 Å². The maximum Gasteiger partial charge on any atom is 0.321 e. The molecule has 3 N–H and O–H groups in total. The molecule has 1 aliphatic carbocycles. The van der Waals surface area contributed by atoms with Gasteiger partial charge in [0.25, 0.3) is 0 Å². The molecule has 1 saturated heterocycles. The van der Waals surface area contributed by atoms with Gasteiger partial charge in [0, 0.05) is 48.2 Å². The van der Waals surface area contributed by atoms with Gasteiger partial charge in [0.1, 0.15) is 0 Å². The van der Waals surface area contributed by atoms with E-state index in [2.05, 4.69) is 46.0 Å². The van der Waals surface area contributed by atoms with Crippen LogP contribution in [0.15, 0.2) is 79.0 Å². The van der Waals surface area contributed by atoms with Gasteiger partial charge in [-0.25, -0.2) is 14.8 Å². The molecule has 1 spiro atoms. The summed E-state index contributed by atoms with van der Waals surface area (Å²) in [7, 11) is 0. The van der Waals surface area contributed by atoms with E-state index in [-0.39, 0.29) is 18.1 Å². The van der Waals surface area contributed by atoms with Crippen LogP contribution in [-0.4, -0.2) is 45.7 Å². The molecular weight excluding hydrogens is 500 g/mol. The lowest BCUT2D eigenvalue weighted by Gasteiger charge is -2.45. The van der Waals surface area contributed by atoms with E-state index in [1.165, 1.54) is 5.56 Å². The summed E-state index contributed by atoms with van der Waals surface area (Å²) in [6, 6.07) is 25.4. The Labute approximate surface area is 233 Å². The smallest absolute Gasteiger partial charge is 0.321 e. The first-order valence-electron chi connectivity index (χ1n) is 13.6. The molecular formula is C32H30N6O2. The lowest BCUT2D eigenvalue weighted by Crippen LogP contribution is -2.48. The molecule has 2 amide bonds. The average Bonchev–Trinajstić information content (AvgIpc) is 2.99. The second-order valence-electron chi connectivity index (χ2n) is 10.5. The van der Waals surface area contributed by atoms with Crippen LogP contribution in [-0.2, 0) is 18.3 Å². The Hall–Kier alpha value is -4.74. The largest absolute Gasteiger partial charge is 0.396 e. The number of aliphatic hydroxyl groups excluding tert-OH is 1. The van der Waals surface area contributed by atoms with Gasteiger partial charge in [-0.1, -0.05) is 42.5 Å². The Bertz CT molecular complexity index is 1590. The summed E-state index contributed by atoms with van der Waals surface area (Å²) in [5, 5.41) is 24.6. The molecule has 1 aromatic heterocycles. The van der Waals surface area contributed by atoms with Crippen molar-refractivity contribution in [2.75, 3.05) is 30.3 Å². The van der Waals surface area contributed by atoms with Gasteiger partial charge in [0.2, 0.25) is 5.95 Å². The van der Waals surface area contributed by atoms with Crippen LogP contribution in [0.4, 0.5) is 22.1 Å². The number of amides is 2. The van der Waals surface area contributed by atoms with E-state index in [0.29, 0.717) is 36.7 Å². The van der Waals surface area contributed by atoms with Crippen molar-refractivity contribution in [2.24, 2.45) is 0 Å². The van der Waals surface area contributed by atoms with E-state index in [9.17, 15) is 4.79 Å². The zero-order valence-corrected chi connectivity index (χ0v) is 22.1. The van der Waals surface area contributed by atoms with Gasteiger partial charge in [0.15, 0.2) is 0 Å². The average molecular weight is 531 g/mol. The summed E-state index contributed by atoms with van der Waals surface area (Å²) in [6.45, 7) is 1.41. The van der Waals surface area contributed by atoms with Crippen LogP contribution in [0.25, 0.3) is 11.3 Å². The topological polar surface area (TPSA) is 114 Å². The number of aromatic nitrogens is 2. The number of urea groups is 1. The van der Waals surface area contributed by atoms with Crippen molar-refractivity contribution in [3.63, 3.8) is 0 Å². The van der Waals surface area contributed by atoms with Gasteiger partial charge >= 0.3 is 6.03 Å². The van der Waals surface area contributed by atoms with E-state index in [4.69, 9.17) is 15.4 Å². The number of anilines is 3. The zero-order chi connectivity index (χ0) is 27.5. The quantitative estimate of drug-likeness (QED) is 0.318. The van der Waals surface area contributed by atoms with Gasteiger partial charge in [-0.3, -0.25) is 0 Å². The number of aliphatic hydroxyl groups is 1. The molecule has 2 aliphatic rings. The lowest BCUT2D eigenvalue weighted by atomic mass is 9.64. The first-order valence-corrected chi connectivity index (χ1v) is 13.6. The molecule has 4 aromatic rings. The Balaban J connectivity index is 1.19. The van der Waals surface area contributed by atoms with Crippen molar-refractivity contribution in [2.45, 2.75) is 31.1 Å². The summed E-state index contributed by atoms with van der Waals surface area (Å²) in [4.78, 5) is 24.4. The van der Waals surface area contributed by atoms with Crippen molar-refractivity contribution in [3.8, 4) is 17.3 Å². The maximum absolute atomic E-state index is 13.0. The number of likely N-dealkylation sites (tertiary alicyclic amines) is 1. The van der Waals surface area contributed by atoms with Crippen LogP contribution in [0.1, 0.15) is 35.1 Å². The molecule has 2 heterocycles. The molecule has 0 unspecified atom stereocenters. The van der Waals surface area contributed by atoms with Gasteiger partial charge in [-0.05, 0) is 72.7 Å². The first-order chi connectivity index (χ1) is 19.6. The molecule has 1 fully saturated rings. The molecule has 1 aliphatic heterocycles. The number of piperidine rings is 1. The van der Waals surface area contributed by atoms with E-state index in [1.54, 1.807) is 24.3 Å². The van der Waals surface area contributed by atoms with E-state index in [0.717, 1.165) is 47.3 Å². The molecule has 3 aromatic carbocycles. The normalized spacial score (nSPS) is 15.1. The standard InChI is InChI=1S/C32H30N6O2/c33-20-23-4-3-5-26(18-23)36-31(40)38-15-13-32(14-16-38)19-24-21-34-30(35-25-10-8-22(9-11-25)12-17-39)37-29(24)27-6-1-2-7-28(27)32/h1-11,18,21,39H,12-17,19H2,(H,36,40)(H,34,35,37). The zero-order valence-electron chi connectivity index (χ0n) is 22.1. The highest BCUT2D eigenvalue weighted by Crippen LogP contribution is 2.48. The molecule has 0 saturated carbocycles. The fourth-order valence-corrected chi connectivity index (χ4v) is 5.91. The van der Waals surface area contributed by atoms with E-state index < -0.39 is 0 Å². The van der Waals surface area contributed by atoms with Crippen LogP contribution in [0.3, 0.4) is 0 Å². The Morgan fingerprint density at radius 2 is 1.82 bits per heavy atom. The monoisotopic (exact) mass is 530 g/mol. The van der Waals surface area contributed by atoms with Gasteiger partial charge in [0.05, 0.1) is 17.3 Å². The highest BCUT2D eigenvalue weighted by molar-refractivity contribution is 5.89. The minimum atomic E-state index is -0.141. The van der Waals surface area contributed by atoms with Crippen LogP contribution < -0.4 is 10.6 Å². The Morgan fingerprint density at radius 1 is 1.02 bits per heavy atom. The number of benzene rings is 3. The number of carbonyl (C=O) groups is 1. The second-order valence-corrected chi connectivity index (χ2v) is 10.5. The molecule has 0 radical (unpaired) electrons. The van der Waals surface area contributed by atoms with Crippen molar-refractivity contribution >= 4 is 23.4 Å². The fourth-order valence-electron chi connectivity index (χ4n) is 5.91. The summed E-state index contributed by atoms with van der Waals surface area (Å²) < 4.78 is 0. The highest BCUT2D eigenvalue weighted by Gasteiger charge is 2.42. The number of carbonyl (C=O) groups excluding carboxylic acids is 1. The maximum atomic E-state index is 13.0. The molecule has 40 heavy (non-hydrogen) atoms. The predicted molar refractivity (Wildman–Crippen MR) is 154 cm³/mol. The van der Waals surface area contributed by atoms with Crippen LogP contribution >= 0.6 is 0 Å². The van der Waals surface area contributed by atoms with Crippen LogP contribution in [0.5, 0.6) is 0 Å². The molecule has 8 heteroatoms. The number of nitrogens with zero attached hydrogens (tertiary/aromatic N) is 4. The number of hydrogen-bond acceptors (Lipinski definition) is 6. The molecule has 0 atom stereocenters.